The highest BCUT2D eigenvalue weighted by Crippen LogP contribution is 2.24. The molecule has 2 aromatic carbocycles. The van der Waals surface area contributed by atoms with Gasteiger partial charge in [-0.25, -0.2) is 0 Å². The molecule has 3 rings (SSSR count). The van der Waals surface area contributed by atoms with Crippen molar-refractivity contribution in [2.24, 2.45) is 0 Å². The minimum absolute atomic E-state index is 0.164. The topological polar surface area (TPSA) is 37.8 Å². The molecule has 1 N–H and O–H groups in total. The monoisotopic (exact) mass is 366 g/mol. The van der Waals surface area contributed by atoms with E-state index in [1.54, 1.807) is 24.3 Å². The molecule has 0 spiro atoms. The predicted molar refractivity (Wildman–Crippen MR) is 87.4 cm³/mol. The van der Waals surface area contributed by atoms with Crippen LogP contribution in [0.2, 0.25) is 5.02 Å². The molecule has 6 heteroatoms. The van der Waals surface area contributed by atoms with Gasteiger partial charge in [0.2, 0.25) is 0 Å². The van der Waals surface area contributed by atoms with Crippen LogP contribution < -0.4 is 5.56 Å². The van der Waals surface area contributed by atoms with Gasteiger partial charge < -0.3 is 4.98 Å². The van der Waals surface area contributed by atoms with E-state index in [-0.39, 0.29) is 5.56 Å². The second-order valence-electron chi connectivity index (χ2n) is 4.21. The van der Waals surface area contributed by atoms with Crippen LogP contribution in [0.25, 0.3) is 16.6 Å². The average Bonchev–Trinajstić information content (AvgIpc) is 2.43. The molecule has 0 aliphatic carbocycles. The lowest BCUT2D eigenvalue weighted by Crippen LogP contribution is -2.20. The van der Waals surface area contributed by atoms with E-state index >= 15 is 0 Å². The van der Waals surface area contributed by atoms with Gasteiger partial charge in [-0.3, -0.25) is 9.36 Å². The first-order valence-electron chi connectivity index (χ1n) is 5.77. The Morgan fingerprint density at radius 1 is 1.20 bits per heavy atom. The summed E-state index contributed by atoms with van der Waals surface area (Å²) in [6.45, 7) is 0. The number of aromatic nitrogens is 2. The van der Waals surface area contributed by atoms with E-state index in [4.69, 9.17) is 23.8 Å². The molecule has 0 unspecified atom stereocenters. The molecule has 3 nitrogen and oxygen atoms in total. The minimum Gasteiger partial charge on any atom is -0.331 e. The number of aromatic amines is 1. The van der Waals surface area contributed by atoms with Crippen LogP contribution in [0, 0.1) is 4.77 Å². The predicted octanol–water partition coefficient (Wildman–Crippen LogP) is 4.46. The zero-order valence-electron chi connectivity index (χ0n) is 10.1. The van der Waals surface area contributed by atoms with Gasteiger partial charge in [0.25, 0.3) is 5.56 Å². The van der Waals surface area contributed by atoms with Crippen LogP contribution in [0.1, 0.15) is 0 Å². The van der Waals surface area contributed by atoms with Gasteiger partial charge in [0.1, 0.15) is 0 Å². The summed E-state index contributed by atoms with van der Waals surface area (Å²) < 4.78 is 2.55. The smallest absolute Gasteiger partial charge is 0.266 e. The third kappa shape index (κ3) is 2.22. The number of para-hydroxylation sites is 1. The maximum absolute atomic E-state index is 12.6. The lowest BCUT2D eigenvalue weighted by Gasteiger charge is -2.09. The van der Waals surface area contributed by atoms with E-state index in [0.717, 1.165) is 9.99 Å². The van der Waals surface area contributed by atoms with E-state index in [0.29, 0.717) is 20.9 Å². The SMILES string of the molecule is O=c1c2ccccc2[nH]c(=S)n1-c1ccc(Br)c(Cl)c1. The van der Waals surface area contributed by atoms with Crippen molar-refractivity contribution in [2.75, 3.05) is 0 Å². The summed E-state index contributed by atoms with van der Waals surface area (Å²) in [4.78, 5) is 15.6. The molecule has 0 fully saturated rings. The summed E-state index contributed by atoms with van der Waals surface area (Å²) in [5.41, 5.74) is 1.19. The largest absolute Gasteiger partial charge is 0.331 e. The Balaban J connectivity index is 2.39. The molecule has 0 aliphatic rings. The number of nitrogens with zero attached hydrogens (tertiary/aromatic N) is 1. The van der Waals surface area contributed by atoms with Crippen molar-refractivity contribution in [3.05, 3.63) is 67.1 Å². The molecule has 1 aromatic heterocycles. The Morgan fingerprint density at radius 2 is 1.95 bits per heavy atom. The fraction of sp³-hybridized carbons (Fsp3) is 0. The zero-order chi connectivity index (χ0) is 14.3. The van der Waals surface area contributed by atoms with Crippen molar-refractivity contribution in [3.8, 4) is 5.69 Å². The zero-order valence-corrected chi connectivity index (χ0v) is 13.2. The van der Waals surface area contributed by atoms with Crippen LogP contribution in [0.3, 0.4) is 0 Å². The van der Waals surface area contributed by atoms with Gasteiger partial charge in [-0.2, -0.15) is 0 Å². The van der Waals surface area contributed by atoms with Crippen molar-refractivity contribution >= 4 is 50.7 Å². The Kier molecular flexibility index (Phi) is 3.50. The van der Waals surface area contributed by atoms with Gasteiger partial charge in [-0.15, -0.1) is 0 Å². The summed E-state index contributed by atoms with van der Waals surface area (Å²) in [5, 5.41) is 1.11. The molecule has 0 saturated carbocycles. The maximum atomic E-state index is 12.6. The lowest BCUT2D eigenvalue weighted by molar-refractivity contribution is 0.940. The fourth-order valence-corrected chi connectivity index (χ4v) is 2.74. The highest BCUT2D eigenvalue weighted by molar-refractivity contribution is 9.10. The molecular formula is C14H8BrClN2OS. The number of halogens is 2. The maximum Gasteiger partial charge on any atom is 0.266 e. The number of fused-ring (bicyclic) bond motifs is 1. The molecule has 100 valence electrons. The van der Waals surface area contributed by atoms with Crippen LogP contribution in [-0.2, 0) is 0 Å². The van der Waals surface area contributed by atoms with Crippen molar-refractivity contribution in [2.45, 2.75) is 0 Å². The molecule has 20 heavy (non-hydrogen) atoms. The molecule has 0 amide bonds. The molecule has 0 saturated heterocycles. The van der Waals surface area contributed by atoms with Crippen LogP contribution in [0.15, 0.2) is 51.7 Å². The van der Waals surface area contributed by atoms with Gasteiger partial charge in [0.15, 0.2) is 4.77 Å². The summed E-state index contributed by atoms with van der Waals surface area (Å²) in [6, 6.07) is 12.5. The fourth-order valence-electron chi connectivity index (χ4n) is 2.02. The Hall–Kier alpha value is -1.43. The normalized spacial score (nSPS) is 10.9. The lowest BCUT2D eigenvalue weighted by atomic mass is 10.2. The summed E-state index contributed by atoms with van der Waals surface area (Å²) in [7, 11) is 0. The highest BCUT2D eigenvalue weighted by atomic mass is 79.9. The van der Waals surface area contributed by atoms with E-state index in [1.165, 1.54) is 4.57 Å². The van der Waals surface area contributed by atoms with Crippen LogP contribution in [0.4, 0.5) is 0 Å². The Labute approximate surface area is 133 Å². The quantitative estimate of drug-likeness (QED) is 0.645. The summed E-state index contributed by atoms with van der Waals surface area (Å²) in [6.07, 6.45) is 0. The average molecular weight is 368 g/mol. The van der Waals surface area contributed by atoms with Gasteiger partial charge >= 0.3 is 0 Å². The second-order valence-corrected chi connectivity index (χ2v) is 5.86. The Morgan fingerprint density at radius 3 is 2.70 bits per heavy atom. The van der Waals surface area contributed by atoms with Gasteiger partial charge in [0, 0.05) is 4.47 Å². The molecule has 1 heterocycles. The van der Waals surface area contributed by atoms with Crippen LogP contribution in [-0.4, -0.2) is 9.55 Å². The molecule has 3 aromatic rings. The van der Waals surface area contributed by atoms with Crippen molar-refractivity contribution in [1.29, 1.82) is 0 Å². The van der Waals surface area contributed by atoms with Crippen molar-refractivity contribution in [1.82, 2.24) is 9.55 Å². The minimum atomic E-state index is -0.164. The van der Waals surface area contributed by atoms with Crippen molar-refractivity contribution < 1.29 is 0 Å². The van der Waals surface area contributed by atoms with Gasteiger partial charge in [0.05, 0.1) is 21.6 Å². The molecule has 0 bridgehead atoms. The highest BCUT2D eigenvalue weighted by Gasteiger charge is 2.08. The number of hydrogen-bond donors (Lipinski definition) is 1. The summed E-state index contributed by atoms with van der Waals surface area (Å²) >= 11 is 14.7. The second kappa shape index (κ2) is 5.16. The van der Waals surface area contributed by atoms with Gasteiger partial charge in [-0.1, -0.05) is 23.7 Å². The van der Waals surface area contributed by atoms with Gasteiger partial charge in [-0.05, 0) is 58.5 Å². The molecule has 0 aliphatic heterocycles. The first-order chi connectivity index (χ1) is 9.58. The first-order valence-corrected chi connectivity index (χ1v) is 7.35. The standard InChI is InChI=1S/C14H8BrClN2OS/c15-10-6-5-8(7-11(10)16)18-13(19)9-3-1-2-4-12(9)17-14(18)20/h1-7H,(H,17,20). The number of H-pyrrole nitrogens is 1. The van der Waals surface area contributed by atoms with Crippen LogP contribution in [0.5, 0.6) is 0 Å². The van der Waals surface area contributed by atoms with E-state index in [1.807, 2.05) is 18.2 Å². The number of nitrogens with one attached hydrogen (secondary N) is 1. The number of rotatable bonds is 1. The first kappa shape index (κ1) is 13.5. The molecule has 0 atom stereocenters. The van der Waals surface area contributed by atoms with Crippen LogP contribution >= 0.6 is 39.7 Å². The Bertz CT molecular complexity index is 932. The van der Waals surface area contributed by atoms with E-state index < -0.39 is 0 Å². The third-order valence-corrected chi connectivity index (χ3v) is 4.48. The third-order valence-electron chi connectivity index (χ3n) is 2.97. The van der Waals surface area contributed by atoms with E-state index in [9.17, 15) is 4.79 Å². The van der Waals surface area contributed by atoms with E-state index in [2.05, 4.69) is 20.9 Å². The molecule has 0 radical (unpaired) electrons. The molecular weight excluding hydrogens is 360 g/mol. The summed E-state index contributed by atoms with van der Waals surface area (Å²) in [5.74, 6) is 0. The number of hydrogen-bond acceptors (Lipinski definition) is 2. The number of benzene rings is 2. The van der Waals surface area contributed by atoms with Crippen molar-refractivity contribution in [3.63, 3.8) is 0 Å².